The van der Waals surface area contributed by atoms with Crippen molar-refractivity contribution in [3.63, 3.8) is 0 Å². The molecule has 0 aliphatic carbocycles. The highest BCUT2D eigenvalue weighted by molar-refractivity contribution is 5.91. The number of allylic oxidation sites excluding steroid dienone is 7. The van der Waals surface area contributed by atoms with Crippen LogP contribution in [0.1, 0.15) is 137 Å². The number of aryl methyl sites for hydroxylation is 7. The van der Waals surface area contributed by atoms with Crippen molar-refractivity contribution in [1.29, 1.82) is 0 Å². The first-order valence-corrected chi connectivity index (χ1v) is 24.5. The van der Waals surface area contributed by atoms with E-state index in [1.54, 1.807) is 0 Å². The number of benzene rings is 6. The molecule has 1 unspecified atom stereocenters. The SMILES string of the molecule is C#C/C=C(\CCC)c1ccc(C)cc1.C=C(C)/C=C\C=C/C.CCC(C)c1ccccc1.CCCc1ccccc1-c1cc(C)c(-c2c(C)ccc(CCC)c2-c2ccccc2C)cc1C. The smallest absolute Gasteiger partial charge is 0.00679 e. The second-order valence-corrected chi connectivity index (χ2v) is 17.6. The van der Waals surface area contributed by atoms with Gasteiger partial charge in [-0.3, -0.25) is 0 Å². The molecule has 0 aliphatic rings. The van der Waals surface area contributed by atoms with Gasteiger partial charge in [-0.25, -0.2) is 0 Å². The first kappa shape index (κ1) is 54.2. The molecule has 0 N–H and O–H groups in total. The molecule has 0 aliphatic heterocycles. The summed E-state index contributed by atoms with van der Waals surface area (Å²) in [7, 11) is 0. The Kier molecular flexibility index (Phi) is 24.1. The molecule has 0 fully saturated rings. The molecule has 1 atom stereocenters. The van der Waals surface area contributed by atoms with Crippen LogP contribution in [-0.4, -0.2) is 0 Å². The second-order valence-electron chi connectivity index (χ2n) is 17.6. The largest absolute Gasteiger partial charge is 0.115 e. The first-order valence-electron chi connectivity index (χ1n) is 24.5. The highest BCUT2D eigenvalue weighted by Gasteiger charge is 2.19. The molecule has 0 heterocycles. The van der Waals surface area contributed by atoms with Crippen LogP contribution in [0.3, 0.4) is 0 Å². The summed E-state index contributed by atoms with van der Waals surface area (Å²) in [6.07, 6.45) is 23.0. The first-order chi connectivity index (χ1) is 31.8. The maximum Gasteiger partial charge on any atom is -0.00679 e. The van der Waals surface area contributed by atoms with Crippen molar-refractivity contribution in [3.8, 4) is 45.7 Å². The minimum Gasteiger partial charge on any atom is -0.115 e. The summed E-state index contributed by atoms with van der Waals surface area (Å²) in [5.41, 5.74) is 22.9. The van der Waals surface area contributed by atoms with E-state index in [-0.39, 0.29) is 0 Å². The molecule has 0 radical (unpaired) electrons. The van der Waals surface area contributed by atoms with Crippen LogP contribution < -0.4 is 0 Å². The van der Waals surface area contributed by atoms with E-state index in [1.807, 2.05) is 44.2 Å². The van der Waals surface area contributed by atoms with Crippen LogP contribution in [-0.2, 0) is 12.8 Å². The molecule has 344 valence electrons. The van der Waals surface area contributed by atoms with Crippen LogP contribution >= 0.6 is 0 Å². The maximum atomic E-state index is 5.30. The van der Waals surface area contributed by atoms with Crippen molar-refractivity contribution in [2.75, 3.05) is 0 Å². The average Bonchev–Trinajstić information content (AvgIpc) is 3.32. The Morgan fingerprint density at radius 2 is 1.18 bits per heavy atom. The van der Waals surface area contributed by atoms with Gasteiger partial charge in [-0.1, -0.05) is 229 Å². The minimum atomic E-state index is 0.709. The predicted molar refractivity (Wildman–Crippen MR) is 297 cm³/mol. The van der Waals surface area contributed by atoms with Crippen LogP contribution in [0.25, 0.3) is 39.0 Å². The van der Waals surface area contributed by atoms with Gasteiger partial charge >= 0.3 is 0 Å². The van der Waals surface area contributed by atoms with Gasteiger partial charge in [-0.2, -0.15) is 0 Å². The van der Waals surface area contributed by atoms with E-state index < -0.39 is 0 Å². The van der Waals surface area contributed by atoms with Crippen molar-refractivity contribution >= 4 is 5.57 Å². The van der Waals surface area contributed by atoms with E-state index in [2.05, 4.69) is 209 Å². The zero-order valence-corrected chi connectivity index (χ0v) is 42.8. The Labute approximate surface area is 403 Å². The van der Waals surface area contributed by atoms with Crippen molar-refractivity contribution in [3.05, 3.63) is 220 Å². The molecule has 6 rings (SSSR count). The summed E-state index contributed by atoms with van der Waals surface area (Å²) in [6, 6.07) is 46.4. The molecule has 0 saturated carbocycles. The Morgan fingerprint density at radius 1 is 0.591 bits per heavy atom. The zero-order chi connectivity index (χ0) is 48.4. The van der Waals surface area contributed by atoms with E-state index >= 15 is 0 Å². The number of hydrogen-bond donors (Lipinski definition) is 0. The molecule has 0 amide bonds. The lowest BCUT2D eigenvalue weighted by Gasteiger charge is -2.22. The lowest BCUT2D eigenvalue weighted by molar-refractivity contribution is 0.733. The average molecular weight is 873 g/mol. The molecular formula is C66H80. The zero-order valence-electron chi connectivity index (χ0n) is 42.8. The Bertz CT molecular complexity index is 2530. The van der Waals surface area contributed by atoms with Crippen LogP contribution in [0.5, 0.6) is 0 Å². The minimum absolute atomic E-state index is 0.709. The highest BCUT2D eigenvalue weighted by atomic mass is 14.2. The van der Waals surface area contributed by atoms with Crippen molar-refractivity contribution in [1.82, 2.24) is 0 Å². The van der Waals surface area contributed by atoms with Crippen LogP contribution in [0.2, 0.25) is 0 Å². The van der Waals surface area contributed by atoms with Gasteiger partial charge in [0, 0.05) is 0 Å². The molecular weight excluding hydrogens is 793 g/mol. The van der Waals surface area contributed by atoms with Crippen LogP contribution in [0, 0.1) is 47.0 Å². The molecule has 0 bridgehead atoms. The second kappa shape index (κ2) is 29.4. The van der Waals surface area contributed by atoms with Gasteiger partial charge in [-0.05, 0) is 170 Å². The quantitative estimate of drug-likeness (QED) is 0.0756. The third kappa shape index (κ3) is 16.7. The van der Waals surface area contributed by atoms with Gasteiger partial charge in [0.2, 0.25) is 0 Å². The topological polar surface area (TPSA) is 0 Å². The summed E-state index contributed by atoms with van der Waals surface area (Å²) in [5.74, 6) is 3.31. The lowest BCUT2D eigenvalue weighted by Crippen LogP contribution is -2.00. The highest BCUT2D eigenvalue weighted by Crippen LogP contribution is 2.42. The third-order valence-electron chi connectivity index (χ3n) is 12.0. The van der Waals surface area contributed by atoms with Gasteiger partial charge in [0.1, 0.15) is 0 Å². The summed E-state index contributed by atoms with van der Waals surface area (Å²) < 4.78 is 0. The van der Waals surface area contributed by atoms with E-state index in [0.29, 0.717) is 5.92 Å². The molecule has 6 aromatic carbocycles. The predicted octanol–water partition coefficient (Wildman–Crippen LogP) is 19.5. The fourth-order valence-electron chi connectivity index (χ4n) is 8.17. The lowest BCUT2D eigenvalue weighted by atomic mass is 9.82. The Morgan fingerprint density at radius 3 is 1.77 bits per heavy atom. The van der Waals surface area contributed by atoms with E-state index in [0.717, 1.165) is 44.1 Å². The molecule has 0 heteroatoms. The molecule has 66 heavy (non-hydrogen) atoms. The van der Waals surface area contributed by atoms with Crippen molar-refractivity contribution in [2.45, 2.75) is 134 Å². The van der Waals surface area contributed by atoms with E-state index in [4.69, 9.17) is 6.42 Å². The normalized spacial score (nSPS) is 11.4. The van der Waals surface area contributed by atoms with Gasteiger partial charge in [-0.15, -0.1) is 6.42 Å². The van der Waals surface area contributed by atoms with Gasteiger partial charge in [0.05, 0.1) is 0 Å². The monoisotopic (exact) mass is 873 g/mol. The van der Waals surface area contributed by atoms with Gasteiger partial charge in [0.15, 0.2) is 0 Å². The van der Waals surface area contributed by atoms with Crippen LogP contribution in [0.4, 0.5) is 0 Å². The molecule has 0 aromatic heterocycles. The molecule has 0 saturated heterocycles. The van der Waals surface area contributed by atoms with Gasteiger partial charge < -0.3 is 0 Å². The fourth-order valence-corrected chi connectivity index (χ4v) is 8.17. The van der Waals surface area contributed by atoms with E-state index in [1.165, 1.54) is 95.4 Å². The van der Waals surface area contributed by atoms with Crippen LogP contribution in [0.15, 0.2) is 170 Å². The molecule has 0 nitrogen and oxygen atoms in total. The molecule has 0 spiro atoms. The summed E-state index contributed by atoms with van der Waals surface area (Å²) in [6.45, 7) is 30.0. The third-order valence-corrected chi connectivity index (χ3v) is 12.0. The van der Waals surface area contributed by atoms with Crippen molar-refractivity contribution in [2.24, 2.45) is 0 Å². The Hall–Kier alpha value is -6.16. The number of rotatable bonds is 14. The Balaban J connectivity index is 0.000000293. The number of terminal acetylenes is 1. The van der Waals surface area contributed by atoms with E-state index in [9.17, 15) is 0 Å². The summed E-state index contributed by atoms with van der Waals surface area (Å²) in [4.78, 5) is 0. The van der Waals surface area contributed by atoms with Gasteiger partial charge in [0.25, 0.3) is 0 Å². The van der Waals surface area contributed by atoms with Crippen molar-refractivity contribution < 1.29 is 0 Å². The standard InChI is InChI=1S/C34H38.C14H16.C10H14.C8H12/c1-7-13-27-16-10-12-18-30(27)31-21-26(6)32(22-25(31)5)33-24(4)19-20-28(14-8-2)34(33)29-17-11-9-15-23(29)3;1-4-6-13(7-5-2)14-10-8-12(3)9-11-14;1-3-9(2)10-7-5-4-6-8-10;1-4-5-6-7-8(2)3/h9-12,15-22H,7-8,13-14H2,1-6H3;1,6,8-11H,5,7H2,2-3H3;4-9H,3H2,1-2H3;4-7H,2H2,1,3H3/b;13-6+;;5-4-,7-6-. The number of hydrogen-bond acceptors (Lipinski definition) is 0. The summed E-state index contributed by atoms with van der Waals surface area (Å²) in [5, 5.41) is 0. The molecule has 6 aromatic rings. The summed E-state index contributed by atoms with van der Waals surface area (Å²) >= 11 is 0. The fraction of sp³-hybridized carbons (Fsp3) is 0.303. The maximum absolute atomic E-state index is 5.30.